The topological polar surface area (TPSA) is 88.9 Å². The van der Waals surface area contributed by atoms with Crippen molar-refractivity contribution in [3.8, 4) is 0 Å². The van der Waals surface area contributed by atoms with Crippen molar-refractivity contribution in [2.75, 3.05) is 11.1 Å². The van der Waals surface area contributed by atoms with Crippen LogP contribution in [0.4, 0.5) is 5.69 Å². The molecule has 8 heteroatoms. The van der Waals surface area contributed by atoms with Crippen LogP contribution in [0.3, 0.4) is 0 Å². The van der Waals surface area contributed by atoms with Crippen LogP contribution in [0.2, 0.25) is 0 Å². The van der Waals surface area contributed by atoms with Crippen LogP contribution in [0.15, 0.2) is 35.7 Å². The van der Waals surface area contributed by atoms with Gasteiger partial charge in [0.2, 0.25) is 5.91 Å². The lowest BCUT2D eigenvalue weighted by Crippen LogP contribution is -2.33. The lowest BCUT2D eigenvalue weighted by molar-refractivity contribution is -0.113. The fourth-order valence-corrected chi connectivity index (χ4v) is 3.79. The Labute approximate surface area is 157 Å². The summed E-state index contributed by atoms with van der Waals surface area (Å²) in [6.45, 7) is 2.74. The minimum Gasteiger partial charge on any atom is -0.349 e. The number of carbonyl (C=O) groups is 2. The smallest absolute Gasteiger partial charge is 0.253 e. The van der Waals surface area contributed by atoms with Crippen molar-refractivity contribution >= 4 is 29.3 Å². The van der Waals surface area contributed by atoms with Gasteiger partial charge in [0, 0.05) is 12.6 Å². The molecule has 0 bridgehead atoms. The lowest BCUT2D eigenvalue weighted by atomic mass is 10.1. The van der Waals surface area contributed by atoms with E-state index >= 15 is 0 Å². The number of rotatable bonds is 7. The Morgan fingerprint density at radius 2 is 2.04 bits per heavy atom. The molecule has 0 unspecified atom stereocenters. The zero-order valence-corrected chi connectivity index (χ0v) is 15.6. The number of benzene rings is 1. The van der Waals surface area contributed by atoms with Crippen molar-refractivity contribution in [1.82, 2.24) is 20.1 Å². The predicted octanol–water partition coefficient (Wildman–Crippen LogP) is 2.70. The maximum Gasteiger partial charge on any atom is 0.253 e. The minimum absolute atomic E-state index is 0.133. The van der Waals surface area contributed by atoms with E-state index in [0.717, 1.165) is 32.2 Å². The number of nitrogens with zero attached hydrogens (tertiary/aromatic N) is 3. The van der Waals surface area contributed by atoms with Gasteiger partial charge in [0.15, 0.2) is 5.16 Å². The van der Waals surface area contributed by atoms with Gasteiger partial charge in [-0.05, 0) is 31.9 Å². The lowest BCUT2D eigenvalue weighted by Gasteiger charge is -2.15. The molecule has 3 rings (SSSR count). The average molecular weight is 373 g/mol. The third kappa shape index (κ3) is 4.63. The van der Waals surface area contributed by atoms with Gasteiger partial charge < -0.3 is 15.2 Å². The van der Waals surface area contributed by atoms with Crippen LogP contribution < -0.4 is 10.6 Å². The van der Waals surface area contributed by atoms with Gasteiger partial charge in [-0.2, -0.15) is 0 Å². The molecule has 7 nitrogen and oxygen atoms in total. The molecule has 138 valence electrons. The van der Waals surface area contributed by atoms with E-state index in [4.69, 9.17) is 0 Å². The number of nitrogens with one attached hydrogen (secondary N) is 2. The summed E-state index contributed by atoms with van der Waals surface area (Å²) in [6, 6.07) is 7.34. The van der Waals surface area contributed by atoms with Crippen molar-refractivity contribution in [1.29, 1.82) is 0 Å². The van der Waals surface area contributed by atoms with E-state index in [9.17, 15) is 9.59 Å². The molecular weight excluding hydrogens is 350 g/mol. The first-order chi connectivity index (χ1) is 12.7. The van der Waals surface area contributed by atoms with E-state index < -0.39 is 0 Å². The third-order valence-electron chi connectivity index (χ3n) is 4.39. The van der Waals surface area contributed by atoms with Crippen LogP contribution in [0.5, 0.6) is 0 Å². The number of hydrogen-bond donors (Lipinski definition) is 2. The van der Waals surface area contributed by atoms with Gasteiger partial charge in [-0.25, -0.2) is 0 Å². The molecule has 1 aromatic heterocycles. The Hall–Kier alpha value is -2.35. The Kier molecular flexibility index (Phi) is 6.27. The maximum absolute atomic E-state index is 12.5. The number of para-hydroxylation sites is 1. The van der Waals surface area contributed by atoms with E-state index in [1.807, 2.05) is 17.6 Å². The number of aromatic nitrogens is 3. The van der Waals surface area contributed by atoms with Gasteiger partial charge in [-0.1, -0.05) is 36.7 Å². The fraction of sp³-hybridized carbons (Fsp3) is 0.444. The zero-order valence-electron chi connectivity index (χ0n) is 14.8. The number of carbonyl (C=O) groups excluding carboxylic acids is 2. The van der Waals surface area contributed by atoms with E-state index in [2.05, 4.69) is 20.8 Å². The highest BCUT2D eigenvalue weighted by Gasteiger charge is 2.20. The van der Waals surface area contributed by atoms with Crippen molar-refractivity contribution in [2.24, 2.45) is 0 Å². The molecule has 2 aromatic rings. The molecule has 0 saturated heterocycles. The van der Waals surface area contributed by atoms with Gasteiger partial charge in [-0.3, -0.25) is 9.59 Å². The second kappa shape index (κ2) is 8.84. The predicted molar refractivity (Wildman–Crippen MR) is 101 cm³/mol. The standard InChI is InChI=1S/C18H23N5O2S/c1-2-23-12-19-22-18(23)26-11-16(24)21-15-10-6-5-9-14(15)17(25)20-13-7-3-4-8-13/h5-6,9-10,12-13H,2-4,7-8,11H2,1H3,(H,20,25)(H,21,24). The Morgan fingerprint density at radius 1 is 1.27 bits per heavy atom. The number of aryl methyl sites for hydroxylation is 1. The van der Waals surface area contributed by atoms with Crippen molar-refractivity contribution in [3.63, 3.8) is 0 Å². The second-order valence-electron chi connectivity index (χ2n) is 6.24. The van der Waals surface area contributed by atoms with Crippen molar-refractivity contribution in [3.05, 3.63) is 36.2 Å². The van der Waals surface area contributed by atoms with E-state index in [1.165, 1.54) is 11.8 Å². The van der Waals surface area contributed by atoms with E-state index in [1.54, 1.807) is 24.5 Å². The normalized spacial score (nSPS) is 14.3. The Balaban J connectivity index is 1.60. The van der Waals surface area contributed by atoms with Crippen LogP contribution >= 0.6 is 11.8 Å². The van der Waals surface area contributed by atoms with Gasteiger partial charge in [0.05, 0.1) is 17.0 Å². The highest BCUT2D eigenvalue weighted by atomic mass is 32.2. The molecule has 1 fully saturated rings. The first-order valence-electron chi connectivity index (χ1n) is 8.87. The molecule has 0 spiro atoms. The first-order valence-corrected chi connectivity index (χ1v) is 9.86. The van der Waals surface area contributed by atoms with Crippen LogP contribution in [0.25, 0.3) is 0 Å². The Morgan fingerprint density at radius 3 is 2.81 bits per heavy atom. The molecule has 1 aromatic carbocycles. The SMILES string of the molecule is CCn1cnnc1SCC(=O)Nc1ccccc1C(=O)NC1CCCC1. The maximum atomic E-state index is 12.5. The molecule has 2 N–H and O–H groups in total. The highest BCUT2D eigenvalue weighted by molar-refractivity contribution is 7.99. The monoisotopic (exact) mass is 373 g/mol. The Bertz CT molecular complexity index is 770. The van der Waals surface area contributed by atoms with Crippen LogP contribution in [-0.2, 0) is 11.3 Å². The summed E-state index contributed by atoms with van der Waals surface area (Å²) < 4.78 is 1.88. The largest absolute Gasteiger partial charge is 0.349 e. The van der Waals surface area contributed by atoms with Crippen LogP contribution in [0.1, 0.15) is 43.0 Å². The third-order valence-corrected chi connectivity index (χ3v) is 5.37. The van der Waals surface area contributed by atoms with Gasteiger partial charge in [-0.15, -0.1) is 10.2 Å². The number of amides is 2. The zero-order chi connectivity index (χ0) is 18.4. The van der Waals surface area contributed by atoms with E-state index in [-0.39, 0.29) is 23.6 Å². The molecule has 1 aliphatic rings. The molecule has 1 saturated carbocycles. The molecule has 26 heavy (non-hydrogen) atoms. The first kappa shape index (κ1) is 18.4. The highest BCUT2D eigenvalue weighted by Crippen LogP contribution is 2.21. The summed E-state index contributed by atoms with van der Waals surface area (Å²) in [5, 5.41) is 14.5. The summed E-state index contributed by atoms with van der Waals surface area (Å²) in [6.07, 6.45) is 6.00. The molecule has 0 atom stereocenters. The van der Waals surface area contributed by atoms with Gasteiger partial charge in [0.25, 0.3) is 5.91 Å². The minimum atomic E-state index is -0.179. The summed E-state index contributed by atoms with van der Waals surface area (Å²) >= 11 is 1.32. The summed E-state index contributed by atoms with van der Waals surface area (Å²) in [5.41, 5.74) is 1.03. The number of anilines is 1. The fourth-order valence-electron chi connectivity index (χ4n) is 3.01. The molecule has 1 heterocycles. The summed E-state index contributed by atoms with van der Waals surface area (Å²) in [5.74, 6) is -0.106. The summed E-state index contributed by atoms with van der Waals surface area (Å²) in [7, 11) is 0. The summed E-state index contributed by atoms with van der Waals surface area (Å²) in [4.78, 5) is 24.8. The van der Waals surface area contributed by atoms with Gasteiger partial charge in [0.1, 0.15) is 6.33 Å². The molecule has 0 aliphatic heterocycles. The number of hydrogen-bond acceptors (Lipinski definition) is 5. The van der Waals surface area contributed by atoms with Gasteiger partial charge >= 0.3 is 0 Å². The molecule has 1 aliphatic carbocycles. The van der Waals surface area contributed by atoms with Crippen molar-refractivity contribution < 1.29 is 9.59 Å². The second-order valence-corrected chi connectivity index (χ2v) is 7.18. The molecular formula is C18H23N5O2S. The quantitative estimate of drug-likeness (QED) is 0.729. The molecule has 2 amide bonds. The molecule has 0 radical (unpaired) electrons. The average Bonchev–Trinajstić information content (AvgIpc) is 3.31. The van der Waals surface area contributed by atoms with E-state index in [0.29, 0.717) is 16.4 Å². The number of thioether (sulfide) groups is 1. The van der Waals surface area contributed by atoms with Crippen LogP contribution in [0, 0.1) is 0 Å². The van der Waals surface area contributed by atoms with Crippen LogP contribution in [-0.4, -0.2) is 38.4 Å². The van der Waals surface area contributed by atoms with Crippen molar-refractivity contribution in [2.45, 2.75) is 50.4 Å².